The molecule has 18 heavy (non-hydrogen) atoms. The minimum Gasteiger partial charge on any atom is -0.326 e. The van der Waals surface area contributed by atoms with Gasteiger partial charge >= 0.3 is 0 Å². The molecule has 0 aliphatic carbocycles. The molecule has 2 N–H and O–H groups in total. The third-order valence-electron chi connectivity index (χ3n) is 2.31. The van der Waals surface area contributed by atoms with E-state index < -0.39 is 0 Å². The van der Waals surface area contributed by atoms with Crippen LogP contribution in [0.25, 0.3) is 0 Å². The van der Waals surface area contributed by atoms with Crippen LogP contribution < -0.4 is 10.6 Å². The van der Waals surface area contributed by atoms with Crippen LogP contribution in [0, 0.1) is 0 Å². The Labute approximate surface area is 107 Å². The second-order valence-corrected chi connectivity index (χ2v) is 4.01. The fourth-order valence-electron chi connectivity index (χ4n) is 1.51. The summed E-state index contributed by atoms with van der Waals surface area (Å²) in [5.41, 5.74) is 2.01. The lowest BCUT2D eigenvalue weighted by Crippen LogP contribution is -2.13. The van der Waals surface area contributed by atoms with Gasteiger partial charge in [-0.25, -0.2) is 0 Å². The van der Waals surface area contributed by atoms with Crippen LogP contribution >= 0.6 is 0 Å². The summed E-state index contributed by atoms with van der Waals surface area (Å²) in [4.78, 5) is 22.7. The number of rotatable bonds is 4. The third kappa shape index (κ3) is 4.41. The molecule has 0 aliphatic heterocycles. The van der Waals surface area contributed by atoms with E-state index in [0.717, 1.165) is 6.42 Å². The van der Waals surface area contributed by atoms with Crippen LogP contribution in [0.4, 0.5) is 11.4 Å². The summed E-state index contributed by atoms with van der Waals surface area (Å²) >= 11 is 0. The molecule has 0 radical (unpaired) electrons. The largest absolute Gasteiger partial charge is 0.326 e. The zero-order valence-corrected chi connectivity index (χ0v) is 10.9. The lowest BCUT2D eigenvalue weighted by atomic mass is 10.2. The summed E-state index contributed by atoms with van der Waals surface area (Å²) in [6.45, 7) is 5.20. The molecule has 1 rings (SSSR count). The molecule has 0 aliphatic rings. The van der Waals surface area contributed by atoms with Gasteiger partial charge in [-0.05, 0) is 31.5 Å². The Balaban J connectivity index is 2.76. The predicted molar refractivity (Wildman–Crippen MR) is 73.4 cm³/mol. The maximum atomic E-state index is 11.8. The van der Waals surface area contributed by atoms with Gasteiger partial charge in [0.1, 0.15) is 0 Å². The van der Waals surface area contributed by atoms with Crippen LogP contribution in [0.1, 0.15) is 27.2 Å². The first-order chi connectivity index (χ1) is 8.52. The summed E-state index contributed by atoms with van der Waals surface area (Å²) in [6, 6.07) is 7.05. The fraction of sp³-hybridized carbons (Fsp3) is 0.286. The first kappa shape index (κ1) is 14.0. The Bertz CT molecular complexity index is 478. The summed E-state index contributed by atoms with van der Waals surface area (Å²) in [5.74, 6) is -0.266. The molecule has 0 saturated heterocycles. The molecule has 0 aromatic heterocycles. The molecule has 0 atom stereocenters. The first-order valence-corrected chi connectivity index (χ1v) is 5.88. The van der Waals surface area contributed by atoms with Gasteiger partial charge in [0, 0.05) is 23.9 Å². The van der Waals surface area contributed by atoms with E-state index in [-0.39, 0.29) is 11.8 Å². The number of hydrogen-bond acceptors (Lipinski definition) is 2. The molecule has 2 amide bonds. The molecule has 0 saturated carbocycles. The predicted octanol–water partition coefficient (Wildman–Crippen LogP) is 2.94. The highest BCUT2D eigenvalue weighted by Gasteiger charge is 2.04. The van der Waals surface area contributed by atoms with Crippen LogP contribution in [-0.2, 0) is 9.59 Å². The van der Waals surface area contributed by atoms with Crippen molar-refractivity contribution in [3.63, 3.8) is 0 Å². The maximum Gasteiger partial charge on any atom is 0.250 e. The monoisotopic (exact) mass is 246 g/mol. The van der Waals surface area contributed by atoms with Crippen LogP contribution in [0.5, 0.6) is 0 Å². The van der Waals surface area contributed by atoms with Gasteiger partial charge in [0.25, 0.3) is 5.91 Å². The smallest absolute Gasteiger partial charge is 0.250 e. The fourth-order valence-corrected chi connectivity index (χ4v) is 1.51. The highest BCUT2D eigenvalue weighted by molar-refractivity contribution is 6.03. The van der Waals surface area contributed by atoms with Gasteiger partial charge in [0.15, 0.2) is 0 Å². The Morgan fingerprint density at radius 2 is 1.78 bits per heavy atom. The first-order valence-electron chi connectivity index (χ1n) is 5.88. The third-order valence-corrected chi connectivity index (χ3v) is 2.31. The van der Waals surface area contributed by atoms with Crippen molar-refractivity contribution in [3.8, 4) is 0 Å². The number of benzene rings is 1. The SMILES string of the molecule is CC/C=C(\C)C(=O)Nc1cccc(NC(C)=O)c1. The molecule has 4 nitrogen and oxygen atoms in total. The number of hydrogen-bond donors (Lipinski definition) is 2. The topological polar surface area (TPSA) is 58.2 Å². The molecule has 1 aromatic rings. The van der Waals surface area contributed by atoms with Gasteiger partial charge in [-0.1, -0.05) is 19.1 Å². The molecule has 0 bridgehead atoms. The lowest BCUT2D eigenvalue weighted by Gasteiger charge is -2.08. The Hall–Kier alpha value is -2.10. The number of carbonyl (C=O) groups excluding carboxylic acids is 2. The molecular weight excluding hydrogens is 228 g/mol. The second-order valence-electron chi connectivity index (χ2n) is 4.01. The van der Waals surface area contributed by atoms with Crippen LogP contribution in [0.3, 0.4) is 0 Å². The molecular formula is C14H18N2O2. The van der Waals surface area contributed by atoms with E-state index in [9.17, 15) is 9.59 Å². The van der Waals surface area contributed by atoms with E-state index in [2.05, 4.69) is 10.6 Å². The number of nitrogens with one attached hydrogen (secondary N) is 2. The molecule has 0 spiro atoms. The van der Waals surface area contributed by atoms with Gasteiger partial charge in [-0.2, -0.15) is 0 Å². The standard InChI is InChI=1S/C14H18N2O2/c1-4-6-10(2)14(18)16-13-8-5-7-12(9-13)15-11(3)17/h5-9H,4H2,1-3H3,(H,15,17)(H,16,18)/b10-6+. The quantitative estimate of drug-likeness (QED) is 0.802. The van der Waals surface area contributed by atoms with Crippen molar-refractivity contribution in [1.82, 2.24) is 0 Å². The highest BCUT2D eigenvalue weighted by atomic mass is 16.2. The van der Waals surface area contributed by atoms with Crippen molar-refractivity contribution < 1.29 is 9.59 Å². The van der Waals surface area contributed by atoms with Crippen LogP contribution in [-0.4, -0.2) is 11.8 Å². The van der Waals surface area contributed by atoms with E-state index in [1.54, 1.807) is 31.2 Å². The van der Waals surface area contributed by atoms with Crippen molar-refractivity contribution in [3.05, 3.63) is 35.9 Å². The minimum absolute atomic E-state index is 0.128. The molecule has 4 heteroatoms. The maximum absolute atomic E-state index is 11.8. The van der Waals surface area contributed by atoms with E-state index in [4.69, 9.17) is 0 Å². The van der Waals surface area contributed by atoms with Crippen molar-refractivity contribution >= 4 is 23.2 Å². The number of anilines is 2. The Morgan fingerprint density at radius 3 is 2.33 bits per heavy atom. The van der Waals surface area contributed by atoms with Gasteiger partial charge in [0.05, 0.1) is 0 Å². The molecule has 0 fully saturated rings. The van der Waals surface area contributed by atoms with Gasteiger partial charge in [-0.15, -0.1) is 0 Å². The summed E-state index contributed by atoms with van der Waals surface area (Å²) in [6.07, 6.45) is 2.69. The van der Waals surface area contributed by atoms with E-state index in [0.29, 0.717) is 16.9 Å². The van der Waals surface area contributed by atoms with Gasteiger partial charge < -0.3 is 10.6 Å². The van der Waals surface area contributed by atoms with Crippen LogP contribution in [0.2, 0.25) is 0 Å². The number of amides is 2. The Morgan fingerprint density at radius 1 is 1.17 bits per heavy atom. The van der Waals surface area contributed by atoms with Crippen molar-refractivity contribution in [2.24, 2.45) is 0 Å². The molecule has 0 heterocycles. The normalized spacial score (nSPS) is 10.9. The number of carbonyl (C=O) groups is 2. The highest BCUT2D eigenvalue weighted by Crippen LogP contribution is 2.15. The zero-order chi connectivity index (χ0) is 13.5. The van der Waals surface area contributed by atoms with E-state index in [1.807, 2.05) is 13.0 Å². The minimum atomic E-state index is -0.138. The summed E-state index contributed by atoms with van der Waals surface area (Å²) in [5, 5.41) is 5.45. The van der Waals surface area contributed by atoms with Crippen molar-refractivity contribution in [2.75, 3.05) is 10.6 Å². The van der Waals surface area contributed by atoms with Gasteiger partial charge in [-0.3, -0.25) is 9.59 Å². The zero-order valence-electron chi connectivity index (χ0n) is 10.9. The average Bonchev–Trinajstić information content (AvgIpc) is 2.28. The average molecular weight is 246 g/mol. The lowest BCUT2D eigenvalue weighted by molar-refractivity contribution is -0.114. The molecule has 96 valence electrons. The molecule has 0 unspecified atom stereocenters. The van der Waals surface area contributed by atoms with Crippen molar-refractivity contribution in [1.29, 1.82) is 0 Å². The number of allylic oxidation sites excluding steroid dienone is 1. The van der Waals surface area contributed by atoms with Crippen molar-refractivity contribution in [2.45, 2.75) is 27.2 Å². The summed E-state index contributed by atoms with van der Waals surface area (Å²) in [7, 11) is 0. The summed E-state index contributed by atoms with van der Waals surface area (Å²) < 4.78 is 0. The molecule has 1 aromatic carbocycles. The van der Waals surface area contributed by atoms with Crippen LogP contribution in [0.15, 0.2) is 35.9 Å². The Kier molecular flexibility index (Phi) is 5.11. The second kappa shape index (κ2) is 6.59. The van der Waals surface area contributed by atoms with Gasteiger partial charge in [0.2, 0.25) is 5.91 Å². The van der Waals surface area contributed by atoms with E-state index in [1.165, 1.54) is 6.92 Å². The van der Waals surface area contributed by atoms with E-state index >= 15 is 0 Å².